The molecule has 4 nitrogen and oxygen atoms in total. The van der Waals surface area contributed by atoms with Crippen LogP contribution < -0.4 is 0 Å². The largest absolute Gasteiger partial charge is 0.379 e. The van der Waals surface area contributed by atoms with E-state index >= 15 is 0 Å². The van der Waals surface area contributed by atoms with Crippen molar-refractivity contribution in [1.29, 1.82) is 0 Å². The smallest absolute Gasteiger partial charge is 0.0594 e. The third-order valence-corrected chi connectivity index (χ3v) is 4.26. The zero-order chi connectivity index (χ0) is 14.8. The summed E-state index contributed by atoms with van der Waals surface area (Å²) in [5, 5.41) is 1.32. The number of rotatable bonds is 3. The van der Waals surface area contributed by atoms with Gasteiger partial charge in [0.2, 0.25) is 0 Å². The fraction of sp³-hybridized carbons (Fsp3) is 0.278. The van der Waals surface area contributed by atoms with E-state index in [0.717, 1.165) is 38.5 Å². The van der Waals surface area contributed by atoms with Crippen LogP contribution in [0.3, 0.4) is 0 Å². The van der Waals surface area contributed by atoms with Gasteiger partial charge in [-0.3, -0.25) is 9.88 Å². The number of morpholine rings is 1. The monoisotopic (exact) mass is 293 g/mol. The van der Waals surface area contributed by atoms with Crippen molar-refractivity contribution >= 4 is 10.9 Å². The zero-order valence-corrected chi connectivity index (χ0v) is 12.5. The van der Waals surface area contributed by atoms with Crippen molar-refractivity contribution in [2.75, 3.05) is 26.3 Å². The topological polar surface area (TPSA) is 30.3 Å². The average Bonchev–Trinajstić information content (AvgIpc) is 3.02. The van der Waals surface area contributed by atoms with Crippen LogP contribution in [-0.2, 0) is 11.3 Å². The van der Waals surface area contributed by atoms with E-state index in [2.05, 4.69) is 44.9 Å². The number of pyridine rings is 1. The molecule has 0 amide bonds. The number of ether oxygens (including phenoxy) is 1. The summed E-state index contributed by atoms with van der Waals surface area (Å²) in [6, 6.07) is 12.8. The summed E-state index contributed by atoms with van der Waals surface area (Å²) in [7, 11) is 0. The first-order valence-electron chi connectivity index (χ1n) is 7.71. The molecule has 0 unspecified atom stereocenters. The molecule has 0 spiro atoms. The van der Waals surface area contributed by atoms with Gasteiger partial charge in [0, 0.05) is 49.3 Å². The van der Waals surface area contributed by atoms with E-state index in [4.69, 9.17) is 4.74 Å². The van der Waals surface area contributed by atoms with Gasteiger partial charge in [0.1, 0.15) is 0 Å². The van der Waals surface area contributed by atoms with Crippen LogP contribution in [0.2, 0.25) is 0 Å². The second-order valence-electron chi connectivity index (χ2n) is 5.63. The predicted octanol–water partition coefficient (Wildman–Crippen LogP) is 2.86. The van der Waals surface area contributed by atoms with Crippen LogP contribution in [0.1, 0.15) is 5.56 Å². The molecule has 1 aliphatic rings. The Hall–Kier alpha value is -2.17. The molecule has 0 aliphatic carbocycles. The van der Waals surface area contributed by atoms with Crippen LogP contribution in [0.4, 0.5) is 0 Å². The summed E-state index contributed by atoms with van der Waals surface area (Å²) < 4.78 is 7.66. The highest BCUT2D eigenvalue weighted by atomic mass is 16.5. The number of nitrogens with zero attached hydrogens (tertiary/aromatic N) is 3. The Morgan fingerprint density at radius 2 is 1.82 bits per heavy atom. The average molecular weight is 293 g/mol. The molecule has 1 fully saturated rings. The van der Waals surface area contributed by atoms with E-state index in [0.29, 0.717) is 0 Å². The third-order valence-electron chi connectivity index (χ3n) is 4.26. The van der Waals surface area contributed by atoms with Gasteiger partial charge in [-0.25, -0.2) is 0 Å². The summed E-state index contributed by atoms with van der Waals surface area (Å²) >= 11 is 0. The number of hydrogen-bond donors (Lipinski definition) is 0. The lowest BCUT2D eigenvalue weighted by molar-refractivity contribution is 0.0344. The minimum atomic E-state index is 0.841. The number of aromatic nitrogens is 2. The van der Waals surface area contributed by atoms with Gasteiger partial charge in [0.25, 0.3) is 0 Å². The lowest BCUT2D eigenvalue weighted by Gasteiger charge is -2.26. The Kier molecular flexibility index (Phi) is 3.62. The molecule has 112 valence electrons. The van der Waals surface area contributed by atoms with Gasteiger partial charge in [-0.2, -0.15) is 0 Å². The maximum atomic E-state index is 5.44. The Bertz CT molecular complexity index is 760. The van der Waals surface area contributed by atoms with E-state index in [1.165, 1.54) is 16.5 Å². The highest BCUT2D eigenvalue weighted by Gasteiger charge is 2.13. The second-order valence-corrected chi connectivity index (χ2v) is 5.63. The lowest BCUT2D eigenvalue weighted by atomic mass is 10.1. The summed E-state index contributed by atoms with van der Waals surface area (Å²) in [4.78, 5) is 6.56. The van der Waals surface area contributed by atoms with Crippen LogP contribution in [0.5, 0.6) is 0 Å². The Morgan fingerprint density at radius 3 is 2.64 bits per heavy atom. The molecule has 1 aromatic carbocycles. The number of hydrogen-bond acceptors (Lipinski definition) is 3. The maximum Gasteiger partial charge on any atom is 0.0594 e. The number of benzene rings is 1. The normalized spacial score (nSPS) is 16.2. The lowest BCUT2D eigenvalue weighted by Crippen LogP contribution is -2.35. The van der Waals surface area contributed by atoms with Crippen LogP contribution >= 0.6 is 0 Å². The minimum Gasteiger partial charge on any atom is -0.379 e. The first-order valence-corrected chi connectivity index (χ1v) is 7.71. The first kappa shape index (κ1) is 13.5. The predicted molar refractivity (Wildman–Crippen MR) is 87.2 cm³/mol. The number of fused-ring (bicyclic) bond motifs is 1. The molecule has 0 saturated carbocycles. The van der Waals surface area contributed by atoms with Crippen LogP contribution in [0.25, 0.3) is 16.6 Å². The summed E-state index contributed by atoms with van der Waals surface area (Å²) in [6.45, 7) is 4.70. The summed E-state index contributed by atoms with van der Waals surface area (Å²) in [5.74, 6) is 0. The highest BCUT2D eigenvalue weighted by molar-refractivity contribution is 5.85. The third kappa shape index (κ3) is 2.51. The fourth-order valence-corrected chi connectivity index (χ4v) is 3.10. The minimum absolute atomic E-state index is 0.841. The molecule has 4 heteroatoms. The molecule has 0 N–H and O–H groups in total. The van der Waals surface area contributed by atoms with Gasteiger partial charge in [0.05, 0.1) is 18.7 Å². The van der Waals surface area contributed by atoms with E-state index in [1.54, 1.807) is 0 Å². The van der Waals surface area contributed by atoms with Gasteiger partial charge in [-0.1, -0.05) is 12.1 Å². The molecule has 0 radical (unpaired) electrons. The fourth-order valence-electron chi connectivity index (χ4n) is 3.10. The van der Waals surface area contributed by atoms with Crippen molar-refractivity contribution in [3.63, 3.8) is 0 Å². The molecule has 1 saturated heterocycles. The molecule has 2 aromatic heterocycles. The van der Waals surface area contributed by atoms with Crippen LogP contribution in [-0.4, -0.2) is 40.8 Å². The summed E-state index contributed by atoms with van der Waals surface area (Å²) in [6.07, 6.45) is 5.81. The van der Waals surface area contributed by atoms with Gasteiger partial charge in [-0.05, 0) is 29.8 Å². The molecule has 3 aromatic rings. The zero-order valence-electron chi connectivity index (χ0n) is 12.5. The maximum absolute atomic E-state index is 5.44. The van der Waals surface area contributed by atoms with Crippen molar-refractivity contribution in [2.45, 2.75) is 6.54 Å². The van der Waals surface area contributed by atoms with Crippen LogP contribution in [0.15, 0.2) is 55.0 Å². The standard InChI is InChI=1S/C18H19N3O/c1-2-15(14-20-10-12-22-13-11-20)17-6-9-21(18(17)3-1)16-4-7-19-8-5-16/h1-9H,10-14H2. The van der Waals surface area contributed by atoms with Crippen molar-refractivity contribution in [2.24, 2.45) is 0 Å². The van der Waals surface area contributed by atoms with Crippen molar-refractivity contribution < 1.29 is 4.74 Å². The van der Waals surface area contributed by atoms with Gasteiger partial charge in [0.15, 0.2) is 0 Å². The van der Waals surface area contributed by atoms with Crippen LogP contribution in [0, 0.1) is 0 Å². The summed E-state index contributed by atoms with van der Waals surface area (Å²) in [5.41, 5.74) is 3.78. The molecule has 1 aliphatic heterocycles. The quantitative estimate of drug-likeness (QED) is 0.744. The molecule has 22 heavy (non-hydrogen) atoms. The second kappa shape index (κ2) is 5.91. The Morgan fingerprint density at radius 1 is 1.00 bits per heavy atom. The van der Waals surface area contributed by atoms with Gasteiger partial charge < -0.3 is 9.30 Å². The first-order chi connectivity index (χ1) is 10.9. The molecule has 4 rings (SSSR count). The molecule has 0 atom stereocenters. The Labute approximate surface area is 130 Å². The van der Waals surface area contributed by atoms with Crippen molar-refractivity contribution in [1.82, 2.24) is 14.5 Å². The SMILES string of the molecule is c1cc(CN2CCOCC2)c2ccn(-c3ccncc3)c2c1. The Balaban J connectivity index is 1.70. The van der Waals surface area contributed by atoms with Crippen molar-refractivity contribution in [3.8, 4) is 5.69 Å². The molecule has 3 heterocycles. The van der Waals surface area contributed by atoms with E-state index in [1.807, 2.05) is 24.5 Å². The molecular weight excluding hydrogens is 274 g/mol. The molecule has 0 bridgehead atoms. The van der Waals surface area contributed by atoms with Gasteiger partial charge >= 0.3 is 0 Å². The van der Waals surface area contributed by atoms with E-state index in [-0.39, 0.29) is 0 Å². The highest BCUT2D eigenvalue weighted by Crippen LogP contribution is 2.24. The van der Waals surface area contributed by atoms with E-state index in [9.17, 15) is 0 Å². The van der Waals surface area contributed by atoms with E-state index < -0.39 is 0 Å². The van der Waals surface area contributed by atoms with Crippen molar-refractivity contribution in [3.05, 3.63) is 60.6 Å². The van der Waals surface area contributed by atoms with Gasteiger partial charge in [-0.15, -0.1) is 0 Å². The molecular formula is C18H19N3O.